The molecule has 0 spiro atoms. The van der Waals surface area contributed by atoms with Gasteiger partial charge in [0.05, 0.1) is 16.6 Å². The number of rotatable bonds is 2. The van der Waals surface area contributed by atoms with Gasteiger partial charge in [0.1, 0.15) is 0 Å². The van der Waals surface area contributed by atoms with Crippen molar-refractivity contribution in [3.63, 3.8) is 0 Å². The first-order valence-electron chi connectivity index (χ1n) is 7.17. The zero-order chi connectivity index (χ0) is 14.3. The molecule has 4 heteroatoms. The van der Waals surface area contributed by atoms with Crippen LogP contribution in [0.1, 0.15) is 44.0 Å². The summed E-state index contributed by atoms with van der Waals surface area (Å²) in [5.74, 6) is 0.112. The number of H-pyrrole nitrogens is 1. The number of fused-ring (bicyclic) bond motifs is 3. The van der Waals surface area contributed by atoms with E-state index in [0.717, 1.165) is 35.5 Å². The highest BCUT2D eigenvalue weighted by Gasteiger charge is 2.26. The SMILES string of the molecule is CC(C)C(=O)N[C@@H]1CCCc2c1[nH]c1c(Cl)cccc21. The summed E-state index contributed by atoms with van der Waals surface area (Å²) in [5, 5.41) is 5.07. The van der Waals surface area contributed by atoms with Gasteiger partial charge in [0.15, 0.2) is 0 Å². The molecule has 0 aliphatic heterocycles. The Kier molecular flexibility index (Phi) is 3.47. The number of nitrogens with one attached hydrogen (secondary N) is 2. The Hall–Kier alpha value is -1.48. The van der Waals surface area contributed by atoms with Crippen LogP contribution in [-0.2, 0) is 11.2 Å². The zero-order valence-electron chi connectivity index (χ0n) is 11.8. The van der Waals surface area contributed by atoms with Gasteiger partial charge in [0.25, 0.3) is 0 Å². The van der Waals surface area contributed by atoms with Crippen molar-refractivity contribution in [2.45, 2.75) is 39.2 Å². The summed E-state index contributed by atoms with van der Waals surface area (Å²) in [4.78, 5) is 15.4. The predicted molar refractivity (Wildman–Crippen MR) is 82.0 cm³/mol. The largest absolute Gasteiger partial charge is 0.355 e. The Balaban J connectivity index is 2.02. The molecule has 0 radical (unpaired) electrons. The van der Waals surface area contributed by atoms with Gasteiger partial charge < -0.3 is 10.3 Å². The molecule has 0 saturated heterocycles. The van der Waals surface area contributed by atoms with Gasteiger partial charge >= 0.3 is 0 Å². The number of carbonyl (C=O) groups is 1. The number of aromatic amines is 1. The van der Waals surface area contributed by atoms with E-state index in [1.807, 2.05) is 26.0 Å². The number of aromatic nitrogens is 1. The van der Waals surface area contributed by atoms with Gasteiger partial charge in [-0.2, -0.15) is 0 Å². The molecular weight excluding hydrogens is 272 g/mol. The summed E-state index contributed by atoms with van der Waals surface area (Å²) in [6.45, 7) is 3.84. The van der Waals surface area contributed by atoms with Crippen molar-refractivity contribution in [1.29, 1.82) is 0 Å². The van der Waals surface area contributed by atoms with Crippen LogP contribution in [0, 0.1) is 5.92 Å². The van der Waals surface area contributed by atoms with E-state index >= 15 is 0 Å². The van der Waals surface area contributed by atoms with E-state index < -0.39 is 0 Å². The van der Waals surface area contributed by atoms with Crippen molar-refractivity contribution < 1.29 is 4.79 Å². The van der Waals surface area contributed by atoms with E-state index in [-0.39, 0.29) is 17.9 Å². The summed E-state index contributed by atoms with van der Waals surface area (Å²) in [7, 11) is 0. The van der Waals surface area contributed by atoms with Crippen LogP contribution in [0.25, 0.3) is 10.9 Å². The third-order valence-corrected chi connectivity index (χ3v) is 4.35. The van der Waals surface area contributed by atoms with Gasteiger partial charge in [0.2, 0.25) is 5.91 Å². The third-order valence-electron chi connectivity index (χ3n) is 4.03. The van der Waals surface area contributed by atoms with Crippen LogP contribution in [0.15, 0.2) is 18.2 Å². The summed E-state index contributed by atoms with van der Waals surface area (Å²) in [6.07, 6.45) is 3.12. The van der Waals surface area contributed by atoms with Gasteiger partial charge in [-0.25, -0.2) is 0 Å². The van der Waals surface area contributed by atoms with Gasteiger partial charge in [-0.05, 0) is 30.9 Å². The highest BCUT2D eigenvalue weighted by Crippen LogP contribution is 2.36. The van der Waals surface area contributed by atoms with Crippen molar-refractivity contribution in [2.24, 2.45) is 5.92 Å². The van der Waals surface area contributed by atoms with Crippen molar-refractivity contribution >= 4 is 28.4 Å². The smallest absolute Gasteiger partial charge is 0.223 e. The van der Waals surface area contributed by atoms with Crippen molar-refractivity contribution in [3.8, 4) is 0 Å². The number of aryl methyl sites for hydroxylation is 1. The Morgan fingerprint density at radius 3 is 3.00 bits per heavy atom. The van der Waals surface area contributed by atoms with E-state index in [4.69, 9.17) is 11.6 Å². The molecule has 3 nitrogen and oxygen atoms in total. The van der Waals surface area contributed by atoms with Crippen LogP contribution >= 0.6 is 11.6 Å². The molecule has 3 rings (SSSR count). The molecule has 20 heavy (non-hydrogen) atoms. The first-order chi connectivity index (χ1) is 9.58. The molecule has 1 aliphatic rings. The molecule has 1 aliphatic carbocycles. The van der Waals surface area contributed by atoms with Crippen molar-refractivity contribution in [3.05, 3.63) is 34.5 Å². The van der Waals surface area contributed by atoms with Crippen LogP contribution in [0.4, 0.5) is 0 Å². The highest BCUT2D eigenvalue weighted by molar-refractivity contribution is 6.35. The number of halogens is 1. The van der Waals surface area contributed by atoms with Crippen LogP contribution < -0.4 is 5.32 Å². The van der Waals surface area contributed by atoms with Gasteiger partial charge in [0, 0.05) is 17.0 Å². The molecule has 1 atom stereocenters. The van der Waals surface area contributed by atoms with Crippen LogP contribution in [-0.4, -0.2) is 10.9 Å². The number of hydrogen-bond acceptors (Lipinski definition) is 1. The van der Waals surface area contributed by atoms with E-state index in [2.05, 4.69) is 16.4 Å². The minimum absolute atomic E-state index is 0.00772. The quantitative estimate of drug-likeness (QED) is 0.863. The van der Waals surface area contributed by atoms with Crippen molar-refractivity contribution in [1.82, 2.24) is 10.3 Å². The van der Waals surface area contributed by atoms with E-state index in [0.29, 0.717) is 0 Å². The minimum atomic E-state index is 0.00772. The maximum atomic E-state index is 12.0. The number of amides is 1. The van der Waals surface area contributed by atoms with Gasteiger partial charge in [-0.3, -0.25) is 4.79 Å². The topological polar surface area (TPSA) is 44.9 Å². The second-order valence-electron chi connectivity index (χ2n) is 5.79. The fourth-order valence-corrected chi connectivity index (χ4v) is 3.16. The molecule has 2 aromatic rings. The lowest BCUT2D eigenvalue weighted by molar-refractivity contribution is -0.124. The number of para-hydroxylation sites is 1. The fourth-order valence-electron chi connectivity index (χ4n) is 2.93. The number of carbonyl (C=O) groups excluding carboxylic acids is 1. The molecular formula is C16H19ClN2O. The third kappa shape index (κ3) is 2.20. The van der Waals surface area contributed by atoms with Crippen molar-refractivity contribution in [2.75, 3.05) is 0 Å². The molecule has 0 bridgehead atoms. The standard InChI is InChI=1S/C16H19ClN2O/c1-9(2)16(20)18-13-8-4-6-11-10-5-3-7-12(17)14(10)19-15(11)13/h3,5,7,9,13,19H,4,6,8H2,1-2H3,(H,18,20)/t13-/m1/s1. The predicted octanol–water partition coefficient (Wildman–Crippen LogP) is 3.97. The molecule has 1 aromatic heterocycles. The maximum Gasteiger partial charge on any atom is 0.223 e. The van der Waals surface area contributed by atoms with E-state index in [1.54, 1.807) is 0 Å². The van der Waals surface area contributed by atoms with Gasteiger partial charge in [-0.1, -0.05) is 37.6 Å². The highest BCUT2D eigenvalue weighted by atomic mass is 35.5. The average molecular weight is 291 g/mol. The molecule has 2 N–H and O–H groups in total. The zero-order valence-corrected chi connectivity index (χ0v) is 12.6. The molecule has 0 saturated carbocycles. The second kappa shape index (κ2) is 5.13. The Bertz CT molecular complexity index is 660. The lowest BCUT2D eigenvalue weighted by Crippen LogP contribution is -2.33. The summed E-state index contributed by atoms with van der Waals surface area (Å²) in [6, 6.07) is 6.06. The summed E-state index contributed by atoms with van der Waals surface area (Å²) < 4.78 is 0. The Labute approximate surface area is 123 Å². The lowest BCUT2D eigenvalue weighted by Gasteiger charge is -2.24. The first-order valence-corrected chi connectivity index (χ1v) is 7.55. The normalized spacial score (nSPS) is 18.3. The fraction of sp³-hybridized carbons (Fsp3) is 0.438. The number of benzene rings is 1. The first kappa shape index (κ1) is 13.5. The molecule has 106 valence electrons. The van der Waals surface area contributed by atoms with Gasteiger partial charge in [-0.15, -0.1) is 0 Å². The lowest BCUT2D eigenvalue weighted by atomic mass is 9.91. The van der Waals surface area contributed by atoms with E-state index in [1.165, 1.54) is 10.9 Å². The average Bonchev–Trinajstić information content (AvgIpc) is 2.80. The minimum Gasteiger partial charge on any atom is -0.355 e. The second-order valence-corrected chi connectivity index (χ2v) is 6.19. The van der Waals surface area contributed by atoms with Crippen LogP contribution in [0.3, 0.4) is 0 Å². The molecule has 0 fully saturated rings. The Morgan fingerprint density at radius 1 is 1.45 bits per heavy atom. The van der Waals surface area contributed by atoms with Crippen LogP contribution in [0.2, 0.25) is 5.02 Å². The number of hydrogen-bond donors (Lipinski definition) is 2. The summed E-state index contributed by atoms with van der Waals surface area (Å²) in [5.41, 5.74) is 3.43. The Morgan fingerprint density at radius 2 is 2.25 bits per heavy atom. The monoisotopic (exact) mass is 290 g/mol. The van der Waals surface area contributed by atoms with E-state index in [9.17, 15) is 4.79 Å². The van der Waals surface area contributed by atoms with Crippen LogP contribution in [0.5, 0.6) is 0 Å². The molecule has 1 amide bonds. The molecule has 0 unspecified atom stereocenters. The molecule has 1 heterocycles. The maximum absolute atomic E-state index is 12.0. The summed E-state index contributed by atoms with van der Waals surface area (Å²) >= 11 is 6.26. The molecule has 1 aromatic carbocycles.